The normalized spacial score (nSPS) is 10.9. The van der Waals surface area contributed by atoms with Crippen molar-refractivity contribution in [1.82, 2.24) is 5.32 Å². The molecule has 0 atom stereocenters. The van der Waals surface area contributed by atoms with Crippen LogP contribution >= 0.6 is 0 Å². The van der Waals surface area contributed by atoms with Crippen molar-refractivity contribution in [3.63, 3.8) is 0 Å². The molecule has 0 saturated heterocycles. The van der Waals surface area contributed by atoms with E-state index in [2.05, 4.69) is 5.32 Å². The van der Waals surface area contributed by atoms with E-state index in [0.717, 1.165) is 6.26 Å². The van der Waals surface area contributed by atoms with Gasteiger partial charge in [0.15, 0.2) is 0 Å². The van der Waals surface area contributed by atoms with Crippen LogP contribution in [0.1, 0.15) is 12.8 Å². The van der Waals surface area contributed by atoms with Gasteiger partial charge in [0.25, 0.3) is 0 Å². The Kier molecular flexibility index (Phi) is 5.14. The first-order chi connectivity index (χ1) is 6.31. The number of carboxylic acid groups (broad SMARTS) is 1. The van der Waals surface area contributed by atoms with Gasteiger partial charge in [-0.25, -0.2) is 8.42 Å². The van der Waals surface area contributed by atoms with Crippen LogP contribution in [0.5, 0.6) is 0 Å². The van der Waals surface area contributed by atoms with Gasteiger partial charge < -0.3 is 10.4 Å². The zero-order chi connectivity index (χ0) is 11.2. The summed E-state index contributed by atoms with van der Waals surface area (Å²) in [5, 5.41) is 10.3. The second kappa shape index (κ2) is 5.58. The van der Waals surface area contributed by atoms with E-state index < -0.39 is 28.3 Å². The third-order valence-corrected chi connectivity index (χ3v) is 2.39. The largest absolute Gasteiger partial charge is 0.480 e. The summed E-state index contributed by atoms with van der Waals surface area (Å²) in [5.41, 5.74) is 0. The molecular formula is C7H13NO5S. The Bertz CT molecular complexity index is 308. The van der Waals surface area contributed by atoms with E-state index in [1.807, 2.05) is 0 Å². The number of nitrogens with one attached hydrogen (secondary N) is 1. The molecule has 2 N–H and O–H groups in total. The van der Waals surface area contributed by atoms with Crippen molar-refractivity contribution in [2.45, 2.75) is 12.8 Å². The number of amides is 1. The summed E-state index contributed by atoms with van der Waals surface area (Å²) in [5.74, 6) is -1.63. The molecule has 0 aromatic heterocycles. The molecule has 0 unspecified atom stereocenters. The second-order valence-corrected chi connectivity index (χ2v) is 5.16. The number of carbonyl (C=O) groups excluding carboxylic acids is 1. The van der Waals surface area contributed by atoms with Crippen molar-refractivity contribution >= 4 is 21.7 Å². The summed E-state index contributed by atoms with van der Waals surface area (Å²) in [4.78, 5) is 20.9. The number of rotatable bonds is 6. The second-order valence-electron chi connectivity index (χ2n) is 2.90. The van der Waals surface area contributed by atoms with Gasteiger partial charge in [0.05, 0.1) is 5.75 Å². The summed E-state index contributed by atoms with van der Waals surface area (Å²) in [6.07, 6.45) is 1.33. The van der Waals surface area contributed by atoms with Gasteiger partial charge in [0.1, 0.15) is 16.4 Å². The number of hydrogen-bond acceptors (Lipinski definition) is 4. The zero-order valence-corrected chi connectivity index (χ0v) is 8.63. The SMILES string of the molecule is CS(=O)(=O)CCCC(=O)NCC(=O)O. The van der Waals surface area contributed by atoms with Gasteiger partial charge >= 0.3 is 5.97 Å². The van der Waals surface area contributed by atoms with Gasteiger partial charge in [-0.05, 0) is 6.42 Å². The van der Waals surface area contributed by atoms with Crippen molar-refractivity contribution in [1.29, 1.82) is 0 Å². The van der Waals surface area contributed by atoms with Crippen LogP contribution in [-0.2, 0) is 19.4 Å². The Morgan fingerprint density at radius 3 is 2.36 bits per heavy atom. The van der Waals surface area contributed by atoms with E-state index in [0.29, 0.717) is 0 Å². The lowest BCUT2D eigenvalue weighted by Crippen LogP contribution is -2.29. The molecule has 14 heavy (non-hydrogen) atoms. The number of sulfone groups is 1. The fourth-order valence-corrected chi connectivity index (χ4v) is 1.43. The highest BCUT2D eigenvalue weighted by Gasteiger charge is 2.06. The minimum absolute atomic E-state index is 0.0281. The smallest absolute Gasteiger partial charge is 0.322 e. The molecule has 0 aromatic rings. The Balaban J connectivity index is 3.60. The number of carboxylic acids is 1. The fraction of sp³-hybridized carbons (Fsp3) is 0.714. The quantitative estimate of drug-likeness (QED) is 0.602. The van der Waals surface area contributed by atoms with Gasteiger partial charge in [0.2, 0.25) is 5.91 Å². The molecule has 0 aromatic carbocycles. The minimum atomic E-state index is -3.05. The highest BCUT2D eigenvalue weighted by Crippen LogP contribution is 1.93. The van der Waals surface area contributed by atoms with Crippen LogP contribution < -0.4 is 5.32 Å². The van der Waals surface area contributed by atoms with Gasteiger partial charge in [0, 0.05) is 12.7 Å². The first-order valence-corrected chi connectivity index (χ1v) is 6.03. The lowest BCUT2D eigenvalue weighted by Gasteiger charge is -2.01. The van der Waals surface area contributed by atoms with Crippen molar-refractivity contribution < 1.29 is 23.1 Å². The summed E-state index contributed by atoms with van der Waals surface area (Å²) in [6, 6.07) is 0. The van der Waals surface area contributed by atoms with E-state index in [1.54, 1.807) is 0 Å². The molecule has 7 heteroatoms. The van der Waals surface area contributed by atoms with Crippen molar-refractivity contribution in [2.24, 2.45) is 0 Å². The lowest BCUT2D eigenvalue weighted by atomic mass is 10.3. The predicted molar refractivity (Wildman–Crippen MR) is 49.6 cm³/mol. The molecule has 0 aliphatic carbocycles. The Labute approximate surface area is 82.2 Å². The number of hydrogen-bond donors (Lipinski definition) is 2. The summed E-state index contributed by atoms with van der Waals surface area (Å²) in [7, 11) is -3.05. The monoisotopic (exact) mass is 223 g/mol. The van der Waals surface area contributed by atoms with Gasteiger partial charge in [-0.3, -0.25) is 9.59 Å². The molecule has 0 rings (SSSR count). The molecule has 0 bridgehead atoms. The van der Waals surface area contributed by atoms with Gasteiger partial charge in [-0.2, -0.15) is 0 Å². The summed E-state index contributed by atoms with van der Waals surface area (Å²) < 4.78 is 21.3. The van der Waals surface area contributed by atoms with Crippen LogP contribution in [0.2, 0.25) is 0 Å². The first kappa shape index (κ1) is 12.9. The average molecular weight is 223 g/mol. The van der Waals surface area contributed by atoms with E-state index in [-0.39, 0.29) is 18.6 Å². The maximum absolute atomic E-state index is 10.9. The molecule has 0 fully saturated rings. The van der Waals surface area contributed by atoms with E-state index >= 15 is 0 Å². The lowest BCUT2D eigenvalue weighted by molar-refractivity contribution is -0.137. The van der Waals surface area contributed by atoms with Gasteiger partial charge in [-0.1, -0.05) is 0 Å². The standard InChI is InChI=1S/C7H13NO5S/c1-14(12,13)4-2-3-6(9)8-5-7(10)11/h2-5H2,1H3,(H,8,9)(H,10,11). The van der Waals surface area contributed by atoms with Crippen LogP contribution in [-0.4, -0.2) is 44.0 Å². The maximum Gasteiger partial charge on any atom is 0.322 e. The zero-order valence-electron chi connectivity index (χ0n) is 7.82. The van der Waals surface area contributed by atoms with Crippen LogP contribution in [0.15, 0.2) is 0 Å². The Morgan fingerprint density at radius 1 is 1.36 bits per heavy atom. The molecular weight excluding hydrogens is 210 g/mol. The number of aliphatic carboxylic acids is 1. The van der Waals surface area contributed by atoms with Crippen molar-refractivity contribution in [3.05, 3.63) is 0 Å². The summed E-state index contributed by atoms with van der Waals surface area (Å²) in [6.45, 7) is -0.433. The van der Waals surface area contributed by atoms with Crippen molar-refractivity contribution in [2.75, 3.05) is 18.6 Å². The average Bonchev–Trinajstić information content (AvgIpc) is 1.98. The predicted octanol–water partition coefficient (Wildman–Crippen LogP) is -0.988. The molecule has 0 aliphatic rings. The van der Waals surface area contributed by atoms with E-state index in [1.165, 1.54) is 0 Å². The topological polar surface area (TPSA) is 101 Å². The van der Waals surface area contributed by atoms with Gasteiger partial charge in [-0.15, -0.1) is 0 Å². The highest BCUT2D eigenvalue weighted by molar-refractivity contribution is 7.90. The molecule has 6 nitrogen and oxygen atoms in total. The Morgan fingerprint density at radius 2 is 1.93 bits per heavy atom. The van der Waals surface area contributed by atoms with Crippen LogP contribution in [0.25, 0.3) is 0 Å². The third kappa shape index (κ3) is 8.98. The first-order valence-electron chi connectivity index (χ1n) is 3.97. The molecule has 0 spiro atoms. The number of carbonyl (C=O) groups is 2. The van der Waals surface area contributed by atoms with Crippen LogP contribution in [0.3, 0.4) is 0 Å². The van der Waals surface area contributed by atoms with E-state index in [4.69, 9.17) is 5.11 Å². The minimum Gasteiger partial charge on any atom is -0.480 e. The maximum atomic E-state index is 10.9. The molecule has 0 heterocycles. The molecule has 82 valence electrons. The van der Waals surface area contributed by atoms with Crippen LogP contribution in [0, 0.1) is 0 Å². The molecule has 0 radical (unpaired) electrons. The third-order valence-electron chi connectivity index (χ3n) is 1.36. The molecule has 1 amide bonds. The van der Waals surface area contributed by atoms with Crippen molar-refractivity contribution in [3.8, 4) is 0 Å². The summed E-state index contributed by atoms with van der Waals surface area (Å²) >= 11 is 0. The molecule has 0 aliphatic heterocycles. The highest BCUT2D eigenvalue weighted by atomic mass is 32.2. The molecule has 0 saturated carbocycles. The van der Waals surface area contributed by atoms with Crippen LogP contribution in [0.4, 0.5) is 0 Å². The van der Waals surface area contributed by atoms with E-state index in [9.17, 15) is 18.0 Å². The fourth-order valence-electron chi connectivity index (χ4n) is 0.758. The Hall–Kier alpha value is -1.11.